The number of pyridine rings is 1. The Morgan fingerprint density at radius 3 is 2.69 bits per heavy atom. The average Bonchev–Trinajstić information content (AvgIpc) is 2.80. The van der Waals surface area contributed by atoms with E-state index in [2.05, 4.69) is 4.98 Å². The lowest BCUT2D eigenvalue weighted by Crippen LogP contribution is -2.35. The van der Waals surface area contributed by atoms with Gasteiger partial charge in [0.25, 0.3) is 5.91 Å². The third-order valence-corrected chi connectivity index (χ3v) is 3.30. The maximum atomic E-state index is 12.1. The first-order chi connectivity index (χ1) is 7.68. The Morgan fingerprint density at radius 1 is 1.38 bits per heavy atom. The van der Waals surface area contributed by atoms with E-state index in [1.807, 2.05) is 31.0 Å². The summed E-state index contributed by atoms with van der Waals surface area (Å²) >= 11 is 0. The molecule has 1 aliphatic rings. The molecule has 1 fully saturated rings. The SMILES string of the molecule is Cc1cccc(C(=O)N(C)C2CCCC2)n1. The summed E-state index contributed by atoms with van der Waals surface area (Å²) in [5, 5.41) is 0. The molecule has 0 spiro atoms. The number of amides is 1. The van der Waals surface area contributed by atoms with Gasteiger partial charge in [-0.15, -0.1) is 0 Å². The summed E-state index contributed by atoms with van der Waals surface area (Å²) in [6, 6.07) is 6.00. The maximum Gasteiger partial charge on any atom is 0.272 e. The van der Waals surface area contributed by atoms with Crippen LogP contribution in [0.15, 0.2) is 18.2 Å². The van der Waals surface area contributed by atoms with Crippen molar-refractivity contribution in [3.63, 3.8) is 0 Å². The first-order valence-corrected chi connectivity index (χ1v) is 5.89. The van der Waals surface area contributed by atoms with Crippen LogP contribution in [-0.4, -0.2) is 28.9 Å². The summed E-state index contributed by atoms with van der Waals surface area (Å²) in [7, 11) is 1.89. The molecule has 0 bridgehead atoms. The number of aryl methyl sites for hydroxylation is 1. The predicted molar refractivity (Wildman–Crippen MR) is 63.3 cm³/mol. The van der Waals surface area contributed by atoms with E-state index < -0.39 is 0 Å². The van der Waals surface area contributed by atoms with Gasteiger partial charge in [-0.25, -0.2) is 4.98 Å². The Bertz CT molecular complexity index is 383. The van der Waals surface area contributed by atoms with Crippen LogP contribution in [0.3, 0.4) is 0 Å². The monoisotopic (exact) mass is 218 g/mol. The summed E-state index contributed by atoms with van der Waals surface area (Å²) in [6.45, 7) is 1.91. The van der Waals surface area contributed by atoms with E-state index in [0.717, 1.165) is 18.5 Å². The van der Waals surface area contributed by atoms with Gasteiger partial charge < -0.3 is 4.90 Å². The van der Waals surface area contributed by atoms with E-state index in [9.17, 15) is 4.79 Å². The number of rotatable bonds is 2. The van der Waals surface area contributed by atoms with Crippen molar-refractivity contribution in [2.24, 2.45) is 0 Å². The summed E-state index contributed by atoms with van der Waals surface area (Å²) in [5.41, 5.74) is 1.46. The Kier molecular flexibility index (Phi) is 3.22. The number of nitrogens with zero attached hydrogens (tertiary/aromatic N) is 2. The van der Waals surface area contributed by atoms with Gasteiger partial charge in [-0.3, -0.25) is 4.79 Å². The molecule has 1 aromatic rings. The van der Waals surface area contributed by atoms with Gasteiger partial charge in [-0.2, -0.15) is 0 Å². The summed E-state index contributed by atoms with van der Waals surface area (Å²) in [4.78, 5) is 18.3. The zero-order chi connectivity index (χ0) is 11.5. The fourth-order valence-electron chi connectivity index (χ4n) is 2.30. The minimum atomic E-state index is 0.0515. The van der Waals surface area contributed by atoms with Crippen LogP contribution in [-0.2, 0) is 0 Å². The smallest absolute Gasteiger partial charge is 0.272 e. The second-order valence-electron chi connectivity index (χ2n) is 4.52. The molecule has 1 amide bonds. The molecule has 2 rings (SSSR count). The number of hydrogen-bond donors (Lipinski definition) is 0. The highest BCUT2D eigenvalue weighted by Crippen LogP contribution is 2.23. The Morgan fingerprint density at radius 2 is 2.06 bits per heavy atom. The molecule has 0 atom stereocenters. The van der Waals surface area contributed by atoms with Crippen molar-refractivity contribution in [1.29, 1.82) is 0 Å². The van der Waals surface area contributed by atoms with Gasteiger partial charge >= 0.3 is 0 Å². The van der Waals surface area contributed by atoms with Crippen LogP contribution < -0.4 is 0 Å². The van der Waals surface area contributed by atoms with Crippen molar-refractivity contribution in [1.82, 2.24) is 9.88 Å². The van der Waals surface area contributed by atoms with Crippen LogP contribution in [0, 0.1) is 6.92 Å². The Balaban J connectivity index is 2.12. The molecule has 0 unspecified atom stereocenters. The predicted octanol–water partition coefficient (Wildman–Crippen LogP) is 2.40. The summed E-state index contributed by atoms with van der Waals surface area (Å²) in [6.07, 6.45) is 4.75. The van der Waals surface area contributed by atoms with Crippen molar-refractivity contribution in [3.8, 4) is 0 Å². The lowest BCUT2D eigenvalue weighted by atomic mass is 10.2. The molecule has 3 nitrogen and oxygen atoms in total. The highest BCUT2D eigenvalue weighted by atomic mass is 16.2. The van der Waals surface area contributed by atoms with Crippen molar-refractivity contribution in [3.05, 3.63) is 29.6 Å². The first kappa shape index (κ1) is 11.1. The highest BCUT2D eigenvalue weighted by molar-refractivity contribution is 5.92. The molecule has 1 aliphatic carbocycles. The quantitative estimate of drug-likeness (QED) is 0.763. The summed E-state index contributed by atoms with van der Waals surface area (Å²) in [5.74, 6) is 0.0515. The molecule has 16 heavy (non-hydrogen) atoms. The maximum absolute atomic E-state index is 12.1. The van der Waals surface area contributed by atoms with Crippen LogP contribution in [0.1, 0.15) is 41.9 Å². The fourth-order valence-corrected chi connectivity index (χ4v) is 2.30. The van der Waals surface area contributed by atoms with Crippen LogP contribution in [0.25, 0.3) is 0 Å². The molecule has 86 valence electrons. The normalized spacial score (nSPS) is 16.4. The van der Waals surface area contributed by atoms with Gasteiger partial charge in [-0.05, 0) is 31.9 Å². The standard InChI is InChI=1S/C13H18N2O/c1-10-6-5-9-12(14-10)13(16)15(2)11-7-3-4-8-11/h5-6,9,11H,3-4,7-8H2,1-2H3. The molecular weight excluding hydrogens is 200 g/mol. The van der Waals surface area contributed by atoms with Crippen LogP contribution >= 0.6 is 0 Å². The number of carbonyl (C=O) groups is 1. The lowest BCUT2D eigenvalue weighted by Gasteiger charge is -2.23. The molecule has 1 saturated carbocycles. The molecule has 0 radical (unpaired) electrons. The molecule has 0 aliphatic heterocycles. The number of carbonyl (C=O) groups excluding carboxylic acids is 1. The van der Waals surface area contributed by atoms with Gasteiger partial charge in [0.15, 0.2) is 0 Å². The average molecular weight is 218 g/mol. The highest BCUT2D eigenvalue weighted by Gasteiger charge is 2.24. The Labute approximate surface area is 96.5 Å². The van der Waals surface area contributed by atoms with E-state index >= 15 is 0 Å². The minimum Gasteiger partial charge on any atom is -0.337 e. The third-order valence-electron chi connectivity index (χ3n) is 3.30. The van der Waals surface area contributed by atoms with Crippen molar-refractivity contribution in [2.45, 2.75) is 38.6 Å². The third kappa shape index (κ3) is 2.23. The Hall–Kier alpha value is -1.38. The van der Waals surface area contributed by atoms with Crippen LogP contribution in [0.4, 0.5) is 0 Å². The zero-order valence-corrected chi connectivity index (χ0v) is 9.94. The van der Waals surface area contributed by atoms with Gasteiger partial charge in [0, 0.05) is 18.8 Å². The number of aromatic nitrogens is 1. The van der Waals surface area contributed by atoms with E-state index in [-0.39, 0.29) is 5.91 Å². The first-order valence-electron chi connectivity index (χ1n) is 5.89. The topological polar surface area (TPSA) is 33.2 Å². The van der Waals surface area contributed by atoms with E-state index in [1.165, 1.54) is 12.8 Å². The van der Waals surface area contributed by atoms with Crippen molar-refractivity contribution < 1.29 is 4.79 Å². The lowest BCUT2D eigenvalue weighted by molar-refractivity contribution is 0.0729. The van der Waals surface area contributed by atoms with Gasteiger partial charge in [-0.1, -0.05) is 18.9 Å². The second kappa shape index (κ2) is 4.64. The number of hydrogen-bond acceptors (Lipinski definition) is 2. The van der Waals surface area contributed by atoms with Gasteiger partial charge in [0.2, 0.25) is 0 Å². The molecule has 3 heteroatoms. The van der Waals surface area contributed by atoms with E-state index in [0.29, 0.717) is 11.7 Å². The fraction of sp³-hybridized carbons (Fsp3) is 0.538. The summed E-state index contributed by atoms with van der Waals surface area (Å²) < 4.78 is 0. The van der Waals surface area contributed by atoms with Crippen molar-refractivity contribution in [2.75, 3.05) is 7.05 Å². The molecule has 1 aromatic heterocycles. The van der Waals surface area contributed by atoms with Crippen LogP contribution in [0.2, 0.25) is 0 Å². The zero-order valence-electron chi connectivity index (χ0n) is 9.94. The minimum absolute atomic E-state index is 0.0515. The molecular formula is C13H18N2O. The molecule has 1 heterocycles. The van der Waals surface area contributed by atoms with Crippen molar-refractivity contribution >= 4 is 5.91 Å². The largest absolute Gasteiger partial charge is 0.337 e. The molecule has 0 N–H and O–H groups in total. The molecule has 0 aromatic carbocycles. The molecule has 0 saturated heterocycles. The van der Waals surface area contributed by atoms with E-state index in [1.54, 1.807) is 6.07 Å². The van der Waals surface area contributed by atoms with Crippen LogP contribution in [0.5, 0.6) is 0 Å². The van der Waals surface area contributed by atoms with Gasteiger partial charge in [0.05, 0.1) is 0 Å². The van der Waals surface area contributed by atoms with Gasteiger partial charge in [0.1, 0.15) is 5.69 Å². The van der Waals surface area contributed by atoms with E-state index in [4.69, 9.17) is 0 Å². The second-order valence-corrected chi connectivity index (χ2v) is 4.52.